The van der Waals surface area contributed by atoms with Crippen LogP contribution in [-0.2, 0) is 0 Å². The third-order valence-corrected chi connectivity index (χ3v) is 8.18. The minimum absolute atomic E-state index is 0.682. The molecule has 0 saturated carbocycles. The summed E-state index contributed by atoms with van der Waals surface area (Å²) >= 11 is 0. The number of rotatable bonds is 6. The van der Waals surface area contributed by atoms with Crippen molar-refractivity contribution in [1.82, 2.24) is 24.5 Å². The first-order chi connectivity index (χ1) is 15.7. The maximum atomic E-state index is 2.69. The minimum Gasteiger partial charge on any atom is -0.306 e. The second-order valence-corrected chi connectivity index (χ2v) is 11.5. The molecule has 0 spiro atoms. The van der Waals surface area contributed by atoms with E-state index in [4.69, 9.17) is 0 Å². The van der Waals surface area contributed by atoms with Gasteiger partial charge in [-0.25, -0.2) is 0 Å². The molecule has 0 aromatic carbocycles. The Balaban J connectivity index is 0.000000313. The molecule has 3 aliphatic rings. The first kappa shape index (κ1) is 30.8. The molecule has 0 aromatic heterocycles. The fourth-order valence-electron chi connectivity index (χ4n) is 5.33. The van der Waals surface area contributed by atoms with Gasteiger partial charge in [0.2, 0.25) is 0 Å². The fraction of sp³-hybridized carbons (Fsp3) is 1.00. The van der Waals surface area contributed by atoms with Crippen LogP contribution in [0, 0.1) is 17.8 Å². The van der Waals surface area contributed by atoms with Gasteiger partial charge in [-0.1, -0.05) is 20.8 Å². The first-order valence-electron chi connectivity index (χ1n) is 14.2. The van der Waals surface area contributed by atoms with Crippen LogP contribution in [0.3, 0.4) is 0 Å². The molecule has 0 radical (unpaired) electrons. The number of likely N-dealkylation sites (tertiary alicyclic amines) is 2. The second kappa shape index (κ2) is 16.5. The molecule has 0 amide bonds. The number of piperazine rings is 1. The molecule has 2 atom stereocenters. The zero-order chi connectivity index (χ0) is 25.0. The van der Waals surface area contributed by atoms with Crippen molar-refractivity contribution in [3.63, 3.8) is 0 Å². The van der Waals surface area contributed by atoms with E-state index in [2.05, 4.69) is 80.3 Å². The van der Waals surface area contributed by atoms with Crippen molar-refractivity contribution >= 4 is 0 Å². The maximum Gasteiger partial charge on any atom is 0.0113 e. The monoisotopic (exact) mass is 467 g/mol. The van der Waals surface area contributed by atoms with Gasteiger partial charge < -0.3 is 19.6 Å². The zero-order valence-corrected chi connectivity index (χ0v) is 24.3. The van der Waals surface area contributed by atoms with Crippen LogP contribution in [0.25, 0.3) is 0 Å². The van der Waals surface area contributed by atoms with Crippen molar-refractivity contribution in [3.05, 3.63) is 0 Å². The molecule has 3 saturated heterocycles. The summed E-state index contributed by atoms with van der Waals surface area (Å²) in [5.41, 5.74) is 0. The third kappa shape index (κ3) is 11.9. The molecule has 0 aromatic rings. The van der Waals surface area contributed by atoms with Crippen LogP contribution in [0.2, 0.25) is 0 Å². The Morgan fingerprint density at radius 2 is 1.33 bits per heavy atom. The lowest BCUT2D eigenvalue weighted by Gasteiger charge is -2.39. The van der Waals surface area contributed by atoms with E-state index in [1.807, 2.05) is 13.8 Å². The van der Waals surface area contributed by atoms with E-state index < -0.39 is 0 Å². The first-order valence-corrected chi connectivity index (χ1v) is 14.2. The maximum absolute atomic E-state index is 2.69. The smallest absolute Gasteiger partial charge is 0.0113 e. The molecule has 2 unspecified atom stereocenters. The summed E-state index contributed by atoms with van der Waals surface area (Å²) < 4.78 is 0. The molecule has 0 bridgehead atoms. The van der Waals surface area contributed by atoms with Gasteiger partial charge in [0, 0.05) is 57.9 Å². The van der Waals surface area contributed by atoms with Gasteiger partial charge in [0.25, 0.3) is 0 Å². The fourth-order valence-corrected chi connectivity index (χ4v) is 5.33. The average molecular weight is 468 g/mol. The van der Waals surface area contributed by atoms with Crippen molar-refractivity contribution in [2.45, 2.75) is 79.8 Å². The number of piperidine rings is 2. The van der Waals surface area contributed by atoms with Gasteiger partial charge in [-0.2, -0.15) is 0 Å². The Bertz CT molecular complexity index is 467. The largest absolute Gasteiger partial charge is 0.306 e. The van der Waals surface area contributed by atoms with E-state index in [-0.39, 0.29) is 0 Å². The molecule has 3 fully saturated rings. The molecule has 5 heteroatoms. The highest BCUT2D eigenvalue weighted by Crippen LogP contribution is 2.23. The topological polar surface area (TPSA) is 16.2 Å². The van der Waals surface area contributed by atoms with E-state index >= 15 is 0 Å². The average Bonchev–Trinajstić information content (AvgIpc) is 2.79. The zero-order valence-electron chi connectivity index (χ0n) is 24.3. The molecule has 198 valence electrons. The van der Waals surface area contributed by atoms with Crippen molar-refractivity contribution in [2.24, 2.45) is 17.8 Å². The minimum atomic E-state index is 0.682. The molecule has 3 rings (SSSR count). The Kier molecular flexibility index (Phi) is 15.4. The quantitative estimate of drug-likeness (QED) is 0.577. The number of hydrogen-bond acceptors (Lipinski definition) is 5. The van der Waals surface area contributed by atoms with Crippen LogP contribution >= 0.6 is 0 Å². The van der Waals surface area contributed by atoms with Gasteiger partial charge in [0.15, 0.2) is 0 Å². The summed E-state index contributed by atoms with van der Waals surface area (Å²) in [5.74, 6) is 2.71. The van der Waals surface area contributed by atoms with Crippen LogP contribution in [0.1, 0.15) is 67.7 Å². The van der Waals surface area contributed by atoms with Gasteiger partial charge >= 0.3 is 0 Å². The molecule has 5 nitrogen and oxygen atoms in total. The molecule has 3 heterocycles. The summed E-state index contributed by atoms with van der Waals surface area (Å²) in [6, 6.07) is 1.40. The molecular weight excluding hydrogens is 406 g/mol. The van der Waals surface area contributed by atoms with Crippen LogP contribution in [0.5, 0.6) is 0 Å². The van der Waals surface area contributed by atoms with E-state index in [1.54, 1.807) is 0 Å². The molecule has 0 N–H and O–H groups in total. The van der Waals surface area contributed by atoms with Gasteiger partial charge in [-0.3, -0.25) is 4.90 Å². The Morgan fingerprint density at radius 1 is 0.788 bits per heavy atom. The normalized spacial score (nSPS) is 26.8. The summed E-state index contributed by atoms with van der Waals surface area (Å²) in [6.45, 7) is 28.5. The highest BCUT2D eigenvalue weighted by atomic mass is 15.3. The van der Waals surface area contributed by atoms with Crippen LogP contribution in [-0.4, -0.2) is 123 Å². The molecule has 3 aliphatic heterocycles. The predicted molar refractivity (Wildman–Crippen MR) is 147 cm³/mol. The Hall–Kier alpha value is -0.200. The number of hydrogen-bond donors (Lipinski definition) is 0. The van der Waals surface area contributed by atoms with Gasteiger partial charge in [-0.15, -0.1) is 0 Å². The van der Waals surface area contributed by atoms with E-state index in [1.165, 1.54) is 84.7 Å². The molecule has 0 aliphatic carbocycles. The highest BCUT2D eigenvalue weighted by Gasteiger charge is 2.25. The summed E-state index contributed by atoms with van der Waals surface area (Å²) in [7, 11) is 6.73. The van der Waals surface area contributed by atoms with E-state index in [0.717, 1.165) is 23.8 Å². The Morgan fingerprint density at radius 3 is 1.82 bits per heavy atom. The van der Waals surface area contributed by atoms with Crippen LogP contribution < -0.4 is 0 Å². The van der Waals surface area contributed by atoms with E-state index in [0.29, 0.717) is 6.04 Å². The lowest BCUT2D eigenvalue weighted by atomic mass is 9.86. The van der Waals surface area contributed by atoms with Gasteiger partial charge in [0.1, 0.15) is 0 Å². The summed E-state index contributed by atoms with van der Waals surface area (Å²) in [4.78, 5) is 12.7. The summed E-state index contributed by atoms with van der Waals surface area (Å²) in [5, 5.41) is 0. The van der Waals surface area contributed by atoms with E-state index in [9.17, 15) is 0 Å². The molecule has 33 heavy (non-hydrogen) atoms. The SMILES string of the molecule is CC.CC(C)N1CCN(CC2CCN(C)CC2)CC1.CC1CN(C)CCC1CN(C)C(C)C. The van der Waals surface area contributed by atoms with Crippen molar-refractivity contribution in [1.29, 1.82) is 0 Å². The standard InChI is InChI=1S/C14H29N3.C12H26N2.C2H6/c1-13(2)17-10-8-16(9-11-17)12-14-4-6-15(3)7-5-14;1-10(2)14(5)9-12-6-7-13(4)8-11(12)3;1-2/h13-14H,4-12H2,1-3H3;10-12H,6-9H2,1-5H3;1-2H3. The third-order valence-electron chi connectivity index (χ3n) is 8.18. The van der Waals surface area contributed by atoms with Gasteiger partial charge in [0.05, 0.1) is 0 Å². The predicted octanol–water partition coefficient (Wildman–Crippen LogP) is 4.29. The lowest BCUT2D eigenvalue weighted by Crippen LogP contribution is -2.50. The van der Waals surface area contributed by atoms with Crippen LogP contribution in [0.4, 0.5) is 0 Å². The van der Waals surface area contributed by atoms with Crippen LogP contribution in [0.15, 0.2) is 0 Å². The van der Waals surface area contributed by atoms with Gasteiger partial charge in [-0.05, 0) is 105 Å². The van der Waals surface area contributed by atoms with Crippen molar-refractivity contribution in [2.75, 3.05) is 86.6 Å². The van der Waals surface area contributed by atoms with Crippen molar-refractivity contribution < 1.29 is 0 Å². The van der Waals surface area contributed by atoms with Crippen molar-refractivity contribution in [3.8, 4) is 0 Å². The highest BCUT2D eigenvalue weighted by molar-refractivity contribution is 4.80. The number of nitrogens with zero attached hydrogens (tertiary/aromatic N) is 5. The second-order valence-electron chi connectivity index (χ2n) is 11.5. The Labute approximate surface area is 208 Å². The molecular formula is C28H61N5. The summed E-state index contributed by atoms with van der Waals surface area (Å²) in [6.07, 6.45) is 4.18. The lowest BCUT2D eigenvalue weighted by molar-refractivity contribution is 0.0843.